The highest BCUT2D eigenvalue weighted by Gasteiger charge is 2.39. The number of hydrogen-bond donors (Lipinski definition) is 0. The lowest BCUT2D eigenvalue weighted by Gasteiger charge is -2.45. The molecule has 0 nitrogen and oxygen atoms in total. The third-order valence-electron chi connectivity index (χ3n) is 6.18. The van der Waals surface area contributed by atoms with Gasteiger partial charge in [-0.1, -0.05) is 55.7 Å². The molecule has 2 rings (SSSR count). The average Bonchev–Trinajstić information content (AvgIpc) is 2.41. The maximum atomic E-state index is 2.54. The zero-order valence-corrected chi connectivity index (χ0v) is 14.1. The smallest absolute Gasteiger partial charge is 0.0133 e. The maximum Gasteiger partial charge on any atom is -0.0133 e. The van der Waals surface area contributed by atoms with E-state index in [2.05, 4.69) is 52.8 Å². The van der Waals surface area contributed by atoms with Gasteiger partial charge in [-0.05, 0) is 69.6 Å². The van der Waals surface area contributed by atoms with E-state index in [1.807, 2.05) is 0 Å². The molecule has 0 aromatic carbocycles. The topological polar surface area (TPSA) is 0 Å². The Bertz CT molecular complexity index is 435. The third-order valence-corrected chi connectivity index (χ3v) is 6.18. The van der Waals surface area contributed by atoms with Gasteiger partial charge in [0, 0.05) is 0 Å². The van der Waals surface area contributed by atoms with Crippen LogP contribution in [-0.4, -0.2) is 0 Å². The van der Waals surface area contributed by atoms with Crippen LogP contribution in [0.3, 0.4) is 0 Å². The zero-order valence-electron chi connectivity index (χ0n) is 14.1. The standard InChI is InChI=1S/C20H32/c1-15-7-6-8-16(2)13-14-20(5)17(3)10-12-19(11-9-15)18(20)4/h8-9,12,17-18H,6-7,10-11,13-14H2,1-5H3/t17-,18+,20+/m0/s1. The van der Waals surface area contributed by atoms with E-state index in [1.54, 1.807) is 16.7 Å². The minimum absolute atomic E-state index is 0.472. The molecule has 2 aliphatic rings. The van der Waals surface area contributed by atoms with E-state index in [9.17, 15) is 0 Å². The summed E-state index contributed by atoms with van der Waals surface area (Å²) < 4.78 is 0. The molecule has 0 aromatic heterocycles. The Kier molecular flexibility index (Phi) is 4.94. The molecule has 0 amide bonds. The highest BCUT2D eigenvalue weighted by Crippen LogP contribution is 2.49. The Balaban J connectivity index is 2.30. The second kappa shape index (κ2) is 6.33. The van der Waals surface area contributed by atoms with Gasteiger partial charge in [0.05, 0.1) is 0 Å². The van der Waals surface area contributed by atoms with Gasteiger partial charge in [-0.3, -0.25) is 0 Å². The third kappa shape index (κ3) is 3.27. The average molecular weight is 272 g/mol. The normalized spacial score (nSPS) is 36.1. The van der Waals surface area contributed by atoms with Gasteiger partial charge in [-0.2, -0.15) is 0 Å². The van der Waals surface area contributed by atoms with Crippen LogP contribution in [0.25, 0.3) is 0 Å². The molecule has 0 radical (unpaired) electrons. The second-order valence-corrected chi connectivity index (χ2v) is 7.49. The van der Waals surface area contributed by atoms with Crippen LogP contribution in [-0.2, 0) is 0 Å². The SMILES string of the molecule is CC1=CCC2=CC[C@H](C)[C@@](C)(CCC(C)=CCC1)[C@@H]2C. The summed E-state index contributed by atoms with van der Waals surface area (Å²) in [6, 6.07) is 0. The minimum atomic E-state index is 0.472. The van der Waals surface area contributed by atoms with Crippen molar-refractivity contribution < 1.29 is 0 Å². The van der Waals surface area contributed by atoms with E-state index >= 15 is 0 Å². The molecule has 2 aliphatic carbocycles. The molecule has 20 heavy (non-hydrogen) atoms. The fraction of sp³-hybridized carbons (Fsp3) is 0.700. The van der Waals surface area contributed by atoms with E-state index in [4.69, 9.17) is 0 Å². The van der Waals surface area contributed by atoms with Gasteiger partial charge in [0.25, 0.3) is 0 Å². The van der Waals surface area contributed by atoms with Crippen LogP contribution >= 0.6 is 0 Å². The van der Waals surface area contributed by atoms with Crippen LogP contribution in [0.1, 0.15) is 73.1 Å². The quantitative estimate of drug-likeness (QED) is 0.444. The predicted octanol–water partition coefficient (Wildman–Crippen LogP) is 6.45. The Labute approximate surface area is 126 Å². The van der Waals surface area contributed by atoms with Crippen LogP contribution in [0.15, 0.2) is 34.9 Å². The zero-order chi connectivity index (χ0) is 14.8. The van der Waals surface area contributed by atoms with Crippen molar-refractivity contribution >= 4 is 0 Å². The van der Waals surface area contributed by atoms with Crippen LogP contribution in [0.2, 0.25) is 0 Å². The monoisotopic (exact) mass is 272 g/mol. The lowest BCUT2D eigenvalue weighted by molar-refractivity contribution is 0.110. The van der Waals surface area contributed by atoms with Crippen LogP contribution in [0, 0.1) is 17.3 Å². The van der Waals surface area contributed by atoms with Crippen molar-refractivity contribution in [3.63, 3.8) is 0 Å². The van der Waals surface area contributed by atoms with Crippen LogP contribution in [0.4, 0.5) is 0 Å². The van der Waals surface area contributed by atoms with Crippen LogP contribution in [0.5, 0.6) is 0 Å². The molecular formula is C20H32. The summed E-state index contributed by atoms with van der Waals surface area (Å²) >= 11 is 0. The molecule has 0 spiro atoms. The Morgan fingerprint density at radius 2 is 1.70 bits per heavy atom. The molecule has 0 unspecified atom stereocenters. The molecule has 0 saturated carbocycles. The molecule has 0 heterocycles. The van der Waals surface area contributed by atoms with Gasteiger partial charge >= 0.3 is 0 Å². The van der Waals surface area contributed by atoms with Gasteiger partial charge in [-0.25, -0.2) is 0 Å². The number of allylic oxidation sites excluding steroid dienone is 6. The van der Waals surface area contributed by atoms with E-state index < -0.39 is 0 Å². The maximum absolute atomic E-state index is 2.54. The highest BCUT2D eigenvalue weighted by atomic mass is 14.4. The molecule has 0 N–H and O–H groups in total. The minimum Gasteiger partial charge on any atom is -0.0853 e. The molecule has 0 aliphatic heterocycles. The first-order chi connectivity index (χ1) is 9.43. The van der Waals surface area contributed by atoms with Gasteiger partial charge in [0.15, 0.2) is 0 Å². The van der Waals surface area contributed by atoms with E-state index in [0.29, 0.717) is 5.41 Å². The van der Waals surface area contributed by atoms with Gasteiger partial charge in [0.2, 0.25) is 0 Å². The first kappa shape index (κ1) is 15.6. The van der Waals surface area contributed by atoms with Crippen molar-refractivity contribution in [2.75, 3.05) is 0 Å². The largest absolute Gasteiger partial charge is 0.0853 e. The fourth-order valence-corrected chi connectivity index (χ4v) is 3.86. The first-order valence-corrected chi connectivity index (χ1v) is 8.43. The molecule has 0 saturated heterocycles. The van der Waals surface area contributed by atoms with Crippen molar-refractivity contribution in [2.24, 2.45) is 17.3 Å². The summed E-state index contributed by atoms with van der Waals surface area (Å²) in [5.74, 6) is 1.53. The fourth-order valence-electron chi connectivity index (χ4n) is 3.86. The molecule has 0 heteroatoms. The lowest BCUT2D eigenvalue weighted by Crippen LogP contribution is -2.36. The van der Waals surface area contributed by atoms with Crippen molar-refractivity contribution in [2.45, 2.75) is 73.1 Å². The van der Waals surface area contributed by atoms with E-state index in [1.165, 1.54) is 38.5 Å². The van der Waals surface area contributed by atoms with Crippen LogP contribution < -0.4 is 0 Å². The summed E-state index contributed by atoms with van der Waals surface area (Å²) in [7, 11) is 0. The summed E-state index contributed by atoms with van der Waals surface area (Å²) in [6.07, 6.45) is 15.0. The molecule has 112 valence electrons. The van der Waals surface area contributed by atoms with Crippen molar-refractivity contribution in [1.29, 1.82) is 0 Å². The molecule has 0 aromatic rings. The van der Waals surface area contributed by atoms with Gasteiger partial charge < -0.3 is 0 Å². The molecule has 2 bridgehead atoms. The Morgan fingerprint density at radius 3 is 2.45 bits per heavy atom. The number of rotatable bonds is 0. The Hall–Kier alpha value is -0.780. The lowest BCUT2D eigenvalue weighted by atomic mass is 9.59. The number of hydrogen-bond acceptors (Lipinski definition) is 0. The summed E-state index contributed by atoms with van der Waals surface area (Å²) in [5, 5.41) is 0. The summed E-state index contributed by atoms with van der Waals surface area (Å²) in [6.45, 7) is 12.1. The number of fused-ring (bicyclic) bond motifs is 2. The molecule has 0 fully saturated rings. The van der Waals surface area contributed by atoms with Crippen molar-refractivity contribution in [3.05, 3.63) is 34.9 Å². The molecular weight excluding hydrogens is 240 g/mol. The van der Waals surface area contributed by atoms with Crippen molar-refractivity contribution in [1.82, 2.24) is 0 Å². The molecule has 3 atom stereocenters. The van der Waals surface area contributed by atoms with E-state index in [0.717, 1.165) is 11.8 Å². The van der Waals surface area contributed by atoms with E-state index in [-0.39, 0.29) is 0 Å². The summed E-state index contributed by atoms with van der Waals surface area (Å²) in [5.41, 5.74) is 5.31. The highest BCUT2D eigenvalue weighted by molar-refractivity contribution is 5.21. The predicted molar refractivity (Wildman–Crippen MR) is 89.7 cm³/mol. The summed E-state index contributed by atoms with van der Waals surface area (Å²) in [4.78, 5) is 0. The van der Waals surface area contributed by atoms with Gasteiger partial charge in [-0.15, -0.1) is 0 Å². The van der Waals surface area contributed by atoms with Crippen molar-refractivity contribution in [3.8, 4) is 0 Å². The second-order valence-electron chi connectivity index (χ2n) is 7.49. The Morgan fingerprint density at radius 1 is 1.00 bits per heavy atom. The van der Waals surface area contributed by atoms with Gasteiger partial charge in [0.1, 0.15) is 0 Å². The first-order valence-electron chi connectivity index (χ1n) is 8.43.